The van der Waals surface area contributed by atoms with E-state index in [-0.39, 0.29) is 13.2 Å². The minimum atomic E-state index is -2.66. The van der Waals surface area contributed by atoms with E-state index in [4.69, 9.17) is 10.2 Å². The predicted molar refractivity (Wildman–Crippen MR) is 33.0 cm³/mol. The zero-order valence-corrected chi connectivity index (χ0v) is 7.03. The molecule has 0 bridgehead atoms. The van der Waals surface area contributed by atoms with E-state index in [1.165, 1.54) is 0 Å². The van der Waals surface area contributed by atoms with Crippen molar-refractivity contribution in [3.05, 3.63) is 0 Å². The number of hydrogen-bond donors (Lipinski definition) is 2. The zero-order chi connectivity index (χ0) is 8.69. The van der Waals surface area contributed by atoms with Crippen molar-refractivity contribution in [1.82, 2.24) is 0 Å². The van der Waals surface area contributed by atoms with Crippen LogP contribution in [0.1, 0.15) is 0 Å². The van der Waals surface area contributed by atoms with Gasteiger partial charge in [0, 0.05) is 9.13 Å². The molecule has 0 aliphatic heterocycles. The molecule has 0 amide bonds. The second-order valence-corrected chi connectivity index (χ2v) is 2.81. The maximum absolute atomic E-state index is 10.1. The lowest BCUT2D eigenvalue weighted by Gasteiger charge is -1.81. The molecule has 11 heavy (non-hydrogen) atoms. The molecule has 2 N–H and O–H groups in total. The van der Waals surface area contributed by atoms with Crippen molar-refractivity contribution in [2.75, 3.05) is 13.2 Å². The lowest BCUT2D eigenvalue weighted by atomic mass is 10.8. The Kier molecular flexibility index (Phi) is 6.69. The minimum Gasteiger partial charge on any atom is -0.202 e. The molecule has 0 aromatic carbocycles. The maximum Gasteiger partial charge on any atom is 0.728 e. The molecule has 9 heteroatoms. The van der Waals surface area contributed by atoms with Gasteiger partial charge in [-0.05, 0) is 0 Å². The first-order valence-electron chi connectivity index (χ1n) is 2.37. The summed E-state index contributed by atoms with van der Waals surface area (Å²) in [7, 11) is -5.22. The van der Waals surface area contributed by atoms with Crippen LogP contribution in [0.4, 0.5) is 0 Å². The fraction of sp³-hybridized carbons (Fsp3) is 1.00. The first kappa shape index (κ1) is 11.0. The van der Waals surface area contributed by atoms with Crippen LogP contribution in [0, 0.1) is 0 Å². The average molecular weight is 204 g/mol. The molecule has 0 aliphatic rings. The van der Waals surface area contributed by atoms with E-state index in [2.05, 4.69) is 13.7 Å². The average Bonchev–Trinajstić information content (AvgIpc) is 1.97. The van der Waals surface area contributed by atoms with Crippen LogP contribution in [0.2, 0.25) is 0 Å². The molecule has 2 unspecified atom stereocenters. The summed E-state index contributed by atoms with van der Waals surface area (Å²) in [5.74, 6) is 0. The van der Waals surface area contributed by atoms with Crippen LogP contribution in [0.15, 0.2) is 0 Å². The molecule has 0 fully saturated rings. The van der Waals surface area contributed by atoms with Crippen LogP contribution < -0.4 is 0 Å². The lowest BCUT2D eigenvalue weighted by Crippen LogP contribution is -1.95. The van der Waals surface area contributed by atoms with Crippen LogP contribution in [0.25, 0.3) is 0 Å². The quantitative estimate of drug-likeness (QED) is 0.285. The predicted octanol–water partition coefficient (Wildman–Crippen LogP) is 0.816. The van der Waals surface area contributed by atoms with E-state index < -0.39 is 16.5 Å². The van der Waals surface area contributed by atoms with Crippen molar-refractivity contribution in [2.45, 2.75) is 0 Å². The summed E-state index contributed by atoms with van der Waals surface area (Å²) in [6.07, 6.45) is 0. The van der Waals surface area contributed by atoms with Gasteiger partial charge in [-0.1, -0.05) is 0 Å². The summed E-state index contributed by atoms with van der Waals surface area (Å²) in [5.41, 5.74) is 0. The molecule has 64 valence electrons. The molecular weight excluding hydrogens is 198 g/mol. The summed E-state index contributed by atoms with van der Waals surface area (Å²) in [4.78, 5) is 8.05. The van der Waals surface area contributed by atoms with Gasteiger partial charge in [-0.3, -0.25) is 0 Å². The van der Waals surface area contributed by atoms with Gasteiger partial charge in [0.05, 0.1) is 4.67 Å². The van der Waals surface area contributed by atoms with E-state index in [0.29, 0.717) is 0 Å². The molecule has 0 heterocycles. The highest BCUT2D eigenvalue weighted by molar-refractivity contribution is 7.33. The van der Waals surface area contributed by atoms with Crippen LogP contribution in [0.5, 0.6) is 0 Å². The van der Waals surface area contributed by atoms with Crippen molar-refractivity contribution in [3.8, 4) is 0 Å². The fourth-order valence-corrected chi connectivity index (χ4v) is 0.752. The molecule has 2 atom stereocenters. The summed E-state index contributed by atoms with van der Waals surface area (Å²) < 4.78 is 31.5. The molecular formula is C2H6O7P2+2. The lowest BCUT2D eigenvalue weighted by molar-refractivity contribution is -0.142. The van der Waals surface area contributed by atoms with Gasteiger partial charge in [-0.25, -0.2) is 5.26 Å². The van der Waals surface area contributed by atoms with Gasteiger partial charge in [0.2, 0.25) is 0 Å². The first-order chi connectivity index (χ1) is 5.16. The van der Waals surface area contributed by atoms with Crippen molar-refractivity contribution < 1.29 is 33.0 Å². The standard InChI is InChI=1S/C2H4O7P2/c3-9-11(6)8-2-1-7-10(4)5/h1-2H2/p+2. The summed E-state index contributed by atoms with van der Waals surface area (Å²) in [6.45, 7) is -0.395. The Balaban J connectivity index is 3.14. The molecule has 0 rings (SSSR count). The highest BCUT2D eigenvalue weighted by Gasteiger charge is 2.21. The third kappa shape index (κ3) is 7.90. The van der Waals surface area contributed by atoms with Crippen molar-refractivity contribution in [3.63, 3.8) is 0 Å². The minimum absolute atomic E-state index is 0.197. The fourth-order valence-electron chi connectivity index (χ4n) is 0.251. The molecule has 0 saturated heterocycles. The number of rotatable bonds is 6. The highest BCUT2D eigenvalue weighted by atomic mass is 31.1. The second kappa shape index (κ2) is 6.69. The van der Waals surface area contributed by atoms with Gasteiger partial charge in [0.1, 0.15) is 13.2 Å². The Morgan fingerprint density at radius 3 is 2.18 bits per heavy atom. The van der Waals surface area contributed by atoms with Gasteiger partial charge in [0.25, 0.3) is 0 Å². The molecule has 0 radical (unpaired) electrons. The van der Waals surface area contributed by atoms with Crippen molar-refractivity contribution in [1.29, 1.82) is 0 Å². The monoisotopic (exact) mass is 204 g/mol. The van der Waals surface area contributed by atoms with Gasteiger partial charge in [-0.2, -0.15) is 0 Å². The van der Waals surface area contributed by atoms with E-state index >= 15 is 0 Å². The van der Waals surface area contributed by atoms with Gasteiger partial charge in [0.15, 0.2) is 0 Å². The highest BCUT2D eigenvalue weighted by Crippen LogP contribution is 2.21. The normalized spacial score (nSPS) is 12.9. The zero-order valence-electron chi connectivity index (χ0n) is 5.24. The van der Waals surface area contributed by atoms with Crippen LogP contribution in [-0.2, 0) is 22.9 Å². The Bertz CT molecular complexity index is 145. The van der Waals surface area contributed by atoms with Gasteiger partial charge in [-0.15, -0.1) is 13.9 Å². The van der Waals surface area contributed by atoms with E-state index in [9.17, 15) is 9.13 Å². The van der Waals surface area contributed by atoms with Crippen LogP contribution in [-0.4, -0.2) is 23.4 Å². The Hall–Kier alpha value is -0.0000000000000000416. The second-order valence-electron chi connectivity index (χ2n) is 1.21. The topological polar surface area (TPSA) is 102 Å². The first-order valence-corrected chi connectivity index (χ1v) is 4.60. The van der Waals surface area contributed by atoms with E-state index in [1.807, 2.05) is 0 Å². The summed E-state index contributed by atoms with van der Waals surface area (Å²) in [6, 6.07) is 0. The molecule has 0 aromatic rings. The van der Waals surface area contributed by atoms with Gasteiger partial charge < -0.3 is 0 Å². The Morgan fingerprint density at radius 1 is 1.18 bits per heavy atom. The maximum atomic E-state index is 10.1. The Morgan fingerprint density at radius 2 is 1.73 bits per heavy atom. The smallest absolute Gasteiger partial charge is 0.202 e. The Labute approximate surface area is 63.7 Å². The third-order valence-electron chi connectivity index (χ3n) is 0.548. The van der Waals surface area contributed by atoms with E-state index in [0.717, 1.165) is 0 Å². The molecule has 0 aliphatic carbocycles. The number of hydrogen-bond acceptors (Lipinski definition) is 6. The van der Waals surface area contributed by atoms with Crippen molar-refractivity contribution in [2.24, 2.45) is 0 Å². The van der Waals surface area contributed by atoms with Crippen LogP contribution in [0.3, 0.4) is 0 Å². The molecule has 0 aromatic heterocycles. The third-order valence-corrected chi connectivity index (χ3v) is 1.48. The van der Waals surface area contributed by atoms with Gasteiger partial charge >= 0.3 is 16.5 Å². The molecule has 7 nitrogen and oxygen atoms in total. The van der Waals surface area contributed by atoms with E-state index in [1.54, 1.807) is 0 Å². The molecule has 0 saturated carbocycles. The SMILES string of the molecule is O=[P+](O)OCCO[P+](=O)OO. The summed E-state index contributed by atoms with van der Waals surface area (Å²) in [5, 5.41) is 7.69. The largest absolute Gasteiger partial charge is 0.728 e. The molecule has 0 spiro atoms. The van der Waals surface area contributed by atoms with Crippen molar-refractivity contribution >= 4 is 16.5 Å². The van der Waals surface area contributed by atoms with Crippen LogP contribution >= 0.6 is 16.5 Å². The summed E-state index contributed by atoms with van der Waals surface area (Å²) >= 11 is 0.